The van der Waals surface area contributed by atoms with Crippen LogP contribution in [0.15, 0.2) is 42.5 Å². The van der Waals surface area contributed by atoms with Crippen LogP contribution in [0.2, 0.25) is 0 Å². The summed E-state index contributed by atoms with van der Waals surface area (Å²) in [5.41, 5.74) is 1.34. The zero-order valence-electron chi connectivity index (χ0n) is 8.62. The monoisotopic (exact) mass is 185 g/mol. The van der Waals surface area contributed by atoms with Gasteiger partial charge in [0.25, 0.3) is 0 Å². The third-order valence-corrected chi connectivity index (χ3v) is 2.71. The smallest absolute Gasteiger partial charge is 0.0289 e. The van der Waals surface area contributed by atoms with Crippen LogP contribution in [0.1, 0.15) is 18.5 Å². The van der Waals surface area contributed by atoms with E-state index in [0.717, 1.165) is 0 Å². The second kappa shape index (κ2) is 3.81. The van der Waals surface area contributed by atoms with Crippen molar-refractivity contribution in [1.29, 1.82) is 0 Å². The zero-order valence-corrected chi connectivity index (χ0v) is 8.62. The van der Waals surface area contributed by atoms with Crippen molar-refractivity contribution in [3.63, 3.8) is 0 Å². The lowest BCUT2D eigenvalue weighted by Crippen LogP contribution is -2.11. The van der Waals surface area contributed by atoms with E-state index < -0.39 is 0 Å². The first-order valence-corrected chi connectivity index (χ1v) is 4.97. The van der Waals surface area contributed by atoms with Gasteiger partial charge in [-0.25, -0.2) is 0 Å². The molecule has 0 aliphatic rings. The third-order valence-electron chi connectivity index (χ3n) is 2.71. The van der Waals surface area contributed by atoms with Crippen LogP contribution >= 0.6 is 0 Å². The number of nitrogens with one attached hydrogen (secondary N) is 1. The Kier molecular flexibility index (Phi) is 2.51. The lowest BCUT2D eigenvalue weighted by atomic mass is 10.0. The summed E-state index contributed by atoms with van der Waals surface area (Å²) in [6.07, 6.45) is 0. The molecular formula is C13H15N. The highest BCUT2D eigenvalue weighted by Crippen LogP contribution is 2.19. The normalized spacial score (nSPS) is 13.0. The van der Waals surface area contributed by atoms with E-state index in [1.165, 1.54) is 16.3 Å². The zero-order chi connectivity index (χ0) is 9.97. The highest BCUT2D eigenvalue weighted by Gasteiger charge is 2.02. The lowest BCUT2D eigenvalue weighted by molar-refractivity contribution is 0.653. The molecule has 1 atom stereocenters. The Morgan fingerprint density at radius 1 is 1.00 bits per heavy atom. The van der Waals surface area contributed by atoms with Crippen molar-refractivity contribution in [3.05, 3.63) is 48.0 Å². The van der Waals surface area contributed by atoms with Crippen molar-refractivity contribution >= 4 is 10.8 Å². The highest BCUT2D eigenvalue weighted by atomic mass is 14.8. The van der Waals surface area contributed by atoms with E-state index in [2.05, 4.69) is 54.7 Å². The van der Waals surface area contributed by atoms with Crippen LogP contribution in [0.3, 0.4) is 0 Å². The van der Waals surface area contributed by atoms with Crippen LogP contribution in [-0.4, -0.2) is 7.05 Å². The van der Waals surface area contributed by atoms with E-state index in [9.17, 15) is 0 Å². The predicted molar refractivity (Wildman–Crippen MR) is 61.4 cm³/mol. The first-order valence-electron chi connectivity index (χ1n) is 4.97. The molecule has 0 radical (unpaired) electrons. The predicted octanol–water partition coefficient (Wildman–Crippen LogP) is 3.12. The number of rotatable bonds is 2. The van der Waals surface area contributed by atoms with Crippen molar-refractivity contribution in [2.24, 2.45) is 0 Å². The fraction of sp³-hybridized carbons (Fsp3) is 0.231. The molecule has 2 rings (SSSR count). The number of fused-ring (bicyclic) bond motifs is 1. The Labute approximate surface area is 84.8 Å². The average Bonchev–Trinajstić information content (AvgIpc) is 2.27. The van der Waals surface area contributed by atoms with Gasteiger partial charge in [0.1, 0.15) is 0 Å². The molecule has 0 fully saturated rings. The second-order valence-corrected chi connectivity index (χ2v) is 3.62. The first kappa shape index (κ1) is 9.22. The standard InChI is InChI=1S/C13H15N/c1-10(14-2)12-8-7-11-5-3-4-6-13(11)9-12/h3-10,14H,1-2H3. The summed E-state index contributed by atoms with van der Waals surface area (Å²) in [7, 11) is 1.99. The Bertz CT molecular complexity index is 434. The van der Waals surface area contributed by atoms with Gasteiger partial charge in [-0.3, -0.25) is 0 Å². The maximum Gasteiger partial charge on any atom is 0.0289 e. The molecule has 1 unspecified atom stereocenters. The topological polar surface area (TPSA) is 12.0 Å². The van der Waals surface area contributed by atoms with Crippen molar-refractivity contribution < 1.29 is 0 Å². The molecule has 0 aliphatic heterocycles. The summed E-state index contributed by atoms with van der Waals surface area (Å²) in [5.74, 6) is 0. The van der Waals surface area contributed by atoms with Crippen LogP contribution in [0.4, 0.5) is 0 Å². The van der Waals surface area contributed by atoms with Crippen molar-refractivity contribution in [1.82, 2.24) is 5.32 Å². The minimum Gasteiger partial charge on any atom is -0.313 e. The van der Waals surface area contributed by atoms with Gasteiger partial charge in [-0.05, 0) is 36.4 Å². The maximum atomic E-state index is 3.25. The molecule has 0 saturated heterocycles. The van der Waals surface area contributed by atoms with E-state index in [4.69, 9.17) is 0 Å². The molecule has 72 valence electrons. The van der Waals surface area contributed by atoms with Crippen LogP contribution in [0.5, 0.6) is 0 Å². The molecule has 0 amide bonds. The second-order valence-electron chi connectivity index (χ2n) is 3.62. The van der Waals surface area contributed by atoms with Crippen molar-refractivity contribution in [3.8, 4) is 0 Å². The average molecular weight is 185 g/mol. The number of hydrogen-bond acceptors (Lipinski definition) is 1. The van der Waals surface area contributed by atoms with E-state index in [1.54, 1.807) is 0 Å². The quantitative estimate of drug-likeness (QED) is 0.758. The van der Waals surface area contributed by atoms with Crippen LogP contribution in [0.25, 0.3) is 10.8 Å². The fourth-order valence-electron chi connectivity index (χ4n) is 1.64. The molecule has 1 heteroatoms. The van der Waals surface area contributed by atoms with Gasteiger partial charge < -0.3 is 5.32 Å². The maximum absolute atomic E-state index is 3.25. The molecule has 2 aromatic rings. The molecule has 0 bridgehead atoms. The summed E-state index contributed by atoms with van der Waals surface area (Å²) < 4.78 is 0. The summed E-state index contributed by atoms with van der Waals surface area (Å²) in [4.78, 5) is 0. The summed E-state index contributed by atoms with van der Waals surface area (Å²) in [5, 5.41) is 5.86. The molecule has 2 aromatic carbocycles. The fourth-order valence-corrected chi connectivity index (χ4v) is 1.64. The Morgan fingerprint density at radius 3 is 2.43 bits per heavy atom. The Balaban J connectivity index is 2.51. The van der Waals surface area contributed by atoms with Gasteiger partial charge in [-0.15, -0.1) is 0 Å². The SMILES string of the molecule is CNC(C)c1ccc2ccccc2c1. The molecule has 1 N–H and O–H groups in total. The summed E-state index contributed by atoms with van der Waals surface area (Å²) in [6, 6.07) is 15.5. The van der Waals surface area contributed by atoms with Crippen LogP contribution in [0, 0.1) is 0 Å². The van der Waals surface area contributed by atoms with Gasteiger partial charge in [0.05, 0.1) is 0 Å². The van der Waals surface area contributed by atoms with Gasteiger partial charge in [-0.2, -0.15) is 0 Å². The number of benzene rings is 2. The molecule has 14 heavy (non-hydrogen) atoms. The first-order chi connectivity index (χ1) is 6.81. The molecule has 0 spiro atoms. The Morgan fingerprint density at radius 2 is 1.71 bits per heavy atom. The molecule has 0 aliphatic carbocycles. The summed E-state index contributed by atoms with van der Waals surface area (Å²) in [6.45, 7) is 2.17. The minimum atomic E-state index is 0.416. The molecular weight excluding hydrogens is 170 g/mol. The van der Waals surface area contributed by atoms with Crippen LogP contribution < -0.4 is 5.32 Å². The minimum absolute atomic E-state index is 0.416. The van der Waals surface area contributed by atoms with Gasteiger partial charge in [0, 0.05) is 6.04 Å². The van der Waals surface area contributed by atoms with E-state index in [0.29, 0.717) is 6.04 Å². The van der Waals surface area contributed by atoms with E-state index in [-0.39, 0.29) is 0 Å². The largest absolute Gasteiger partial charge is 0.313 e. The number of hydrogen-bond donors (Lipinski definition) is 1. The molecule has 1 nitrogen and oxygen atoms in total. The van der Waals surface area contributed by atoms with Crippen molar-refractivity contribution in [2.45, 2.75) is 13.0 Å². The molecule has 0 heterocycles. The van der Waals surface area contributed by atoms with Gasteiger partial charge in [-0.1, -0.05) is 36.4 Å². The Hall–Kier alpha value is -1.34. The molecule has 0 aromatic heterocycles. The van der Waals surface area contributed by atoms with Crippen molar-refractivity contribution in [2.75, 3.05) is 7.05 Å². The van der Waals surface area contributed by atoms with Gasteiger partial charge in [0.2, 0.25) is 0 Å². The van der Waals surface area contributed by atoms with Gasteiger partial charge in [0.15, 0.2) is 0 Å². The highest BCUT2D eigenvalue weighted by molar-refractivity contribution is 5.83. The van der Waals surface area contributed by atoms with Crippen LogP contribution in [-0.2, 0) is 0 Å². The van der Waals surface area contributed by atoms with E-state index >= 15 is 0 Å². The lowest BCUT2D eigenvalue weighted by Gasteiger charge is -2.11. The summed E-state index contributed by atoms with van der Waals surface area (Å²) >= 11 is 0. The van der Waals surface area contributed by atoms with E-state index in [1.807, 2.05) is 7.05 Å². The van der Waals surface area contributed by atoms with Gasteiger partial charge >= 0.3 is 0 Å². The third kappa shape index (κ3) is 1.64. The molecule has 0 saturated carbocycles.